The van der Waals surface area contributed by atoms with Crippen molar-refractivity contribution in [1.82, 2.24) is 9.55 Å². The summed E-state index contributed by atoms with van der Waals surface area (Å²) in [6.07, 6.45) is 1.99. The Bertz CT molecular complexity index is 3580. The van der Waals surface area contributed by atoms with Crippen LogP contribution in [0.4, 0.5) is 34.1 Å². The minimum atomic E-state index is -0.323. The minimum absolute atomic E-state index is 0. The quantitative estimate of drug-likeness (QED) is 0.135. The molecule has 400 valence electrons. The summed E-state index contributed by atoms with van der Waals surface area (Å²) < 4.78 is 2.33. The normalized spacial score (nSPS) is 13.6. The van der Waals surface area contributed by atoms with Gasteiger partial charge in [-0.1, -0.05) is 207 Å². The van der Waals surface area contributed by atoms with Crippen molar-refractivity contribution in [3.05, 3.63) is 221 Å². The van der Waals surface area contributed by atoms with Crippen LogP contribution in [0, 0.1) is 18.8 Å². The smallest absolute Gasteiger partial charge is 0.135 e. The van der Waals surface area contributed by atoms with E-state index >= 15 is 0 Å². The predicted octanol–water partition coefficient (Wildman–Crippen LogP) is 18.8. The van der Waals surface area contributed by atoms with Gasteiger partial charge < -0.3 is 19.3 Å². The van der Waals surface area contributed by atoms with Crippen LogP contribution in [0.25, 0.3) is 27.6 Å². The molecular weight excluding hydrogens is 1120 g/mol. The number of benzene rings is 7. The van der Waals surface area contributed by atoms with Gasteiger partial charge in [0.25, 0.3) is 0 Å². The fourth-order valence-corrected chi connectivity index (χ4v) is 10.8. The molecule has 0 atom stereocenters. The van der Waals surface area contributed by atoms with E-state index in [4.69, 9.17) is 4.98 Å². The van der Waals surface area contributed by atoms with Crippen LogP contribution in [0.15, 0.2) is 158 Å². The topological polar surface area (TPSA) is 27.5 Å². The Kier molecular flexibility index (Phi) is 14.2. The number of fused-ring (bicyclic) bond motifs is 4. The number of aromatic nitrogens is 2. The van der Waals surface area contributed by atoms with Crippen LogP contribution in [-0.4, -0.2) is 16.6 Å². The molecule has 0 bridgehead atoms. The van der Waals surface area contributed by atoms with Crippen LogP contribution in [0.3, 0.4) is 0 Å². The molecule has 0 saturated carbocycles. The SMILES string of the molecule is CN(c1[c-]c(N2[CH-]N(c3cc(C(C)(C)C)cc(C(C)(C)C)c3)c3ccccc32)ccc1)c1[c-]c2c(cc1)c1cc(C(C)(C)c3ccccc3)ccc1n2-c1cc(C(C)(C)c2cc(C(C)(C)C)cc(C(C)(C)C)c2)ccn1.[Pt]. The molecule has 0 N–H and O–H groups in total. The van der Waals surface area contributed by atoms with Crippen LogP contribution in [0.1, 0.15) is 155 Å². The van der Waals surface area contributed by atoms with E-state index in [0.717, 1.165) is 56.4 Å². The first-order valence-electron chi connectivity index (χ1n) is 27.3. The van der Waals surface area contributed by atoms with Crippen molar-refractivity contribution in [2.75, 3.05) is 21.7 Å². The summed E-state index contributed by atoms with van der Waals surface area (Å²) in [6, 6.07) is 64.1. The van der Waals surface area contributed by atoms with Gasteiger partial charge >= 0.3 is 0 Å². The van der Waals surface area contributed by atoms with Gasteiger partial charge in [-0.2, -0.15) is 12.1 Å². The standard InChI is InChI=1S/C71H78N5.Pt/c1-66(2,3)50-36-51(67(4,5)6)39-54(38-50)71(15,16)49-34-35-72-65(43-49)76-61-33-30-48(70(13,14)47-24-19-18-20-25-47)42-60(61)59-32-31-56(45-64(59)76)73(17)55-26-23-27-57(44-55)74-46-75(63-29-22-21-28-62(63)74)58-40-52(68(7,8)9)37-53(41-58)69(10,11)12;/h18-43,46H,1-17H3;/q-3;. The largest absolute Gasteiger partial charge is 0.493 e. The third-order valence-electron chi connectivity index (χ3n) is 16.3. The minimum Gasteiger partial charge on any atom is -0.493 e. The number of rotatable bonds is 9. The van der Waals surface area contributed by atoms with Crippen molar-refractivity contribution >= 4 is 55.9 Å². The maximum atomic E-state index is 5.20. The Morgan fingerprint density at radius 3 is 1.55 bits per heavy atom. The summed E-state index contributed by atoms with van der Waals surface area (Å²) >= 11 is 0. The molecule has 3 heterocycles. The molecular formula is C71H78N5Pt-3. The second-order valence-corrected chi connectivity index (χ2v) is 26.6. The van der Waals surface area contributed by atoms with Crippen molar-refractivity contribution < 1.29 is 21.1 Å². The molecule has 0 spiro atoms. The Morgan fingerprint density at radius 2 is 0.948 bits per heavy atom. The van der Waals surface area contributed by atoms with Crippen molar-refractivity contribution in [1.29, 1.82) is 0 Å². The Labute approximate surface area is 475 Å². The van der Waals surface area contributed by atoms with Gasteiger partial charge in [0, 0.05) is 67.7 Å². The first-order chi connectivity index (χ1) is 35.6. The van der Waals surface area contributed by atoms with Gasteiger partial charge in [0.1, 0.15) is 5.82 Å². The average molecular weight is 1200 g/mol. The van der Waals surface area contributed by atoms with Gasteiger partial charge in [-0.3, -0.25) is 0 Å². The van der Waals surface area contributed by atoms with Gasteiger partial charge in [-0.25, -0.2) is 4.98 Å². The summed E-state index contributed by atoms with van der Waals surface area (Å²) in [7, 11) is 2.12. The second kappa shape index (κ2) is 19.8. The maximum absolute atomic E-state index is 5.20. The molecule has 0 unspecified atom stereocenters. The van der Waals surface area contributed by atoms with Crippen LogP contribution in [0.5, 0.6) is 0 Å². The molecule has 1 aliphatic heterocycles. The van der Waals surface area contributed by atoms with E-state index in [2.05, 4.69) is 308 Å². The van der Waals surface area contributed by atoms with Gasteiger partial charge in [0.05, 0.1) is 0 Å². The molecule has 0 saturated heterocycles. The van der Waals surface area contributed by atoms with E-state index in [1.165, 1.54) is 49.9 Å². The van der Waals surface area contributed by atoms with Crippen LogP contribution in [-0.2, 0) is 53.6 Å². The van der Waals surface area contributed by atoms with E-state index in [9.17, 15) is 0 Å². The number of hydrogen-bond donors (Lipinski definition) is 0. The third kappa shape index (κ3) is 10.4. The van der Waals surface area contributed by atoms with Gasteiger partial charge in [-0.05, 0) is 114 Å². The monoisotopic (exact) mass is 1200 g/mol. The summed E-state index contributed by atoms with van der Waals surface area (Å²) in [5.41, 5.74) is 18.1. The summed E-state index contributed by atoms with van der Waals surface area (Å²) in [4.78, 5) is 12.0. The number of para-hydroxylation sites is 2. The molecule has 7 aromatic carbocycles. The van der Waals surface area contributed by atoms with Crippen LogP contribution >= 0.6 is 0 Å². The van der Waals surface area contributed by atoms with Crippen LogP contribution in [0.2, 0.25) is 0 Å². The van der Waals surface area contributed by atoms with Crippen molar-refractivity contribution in [3.63, 3.8) is 0 Å². The fraction of sp³-hybridized carbons (Fsp3) is 0.324. The second-order valence-electron chi connectivity index (χ2n) is 26.6. The molecule has 6 heteroatoms. The molecule has 77 heavy (non-hydrogen) atoms. The average Bonchev–Trinajstić information content (AvgIpc) is 4.10. The first kappa shape index (κ1) is 55.3. The van der Waals surface area contributed by atoms with Crippen molar-refractivity contribution in [3.8, 4) is 5.82 Å². The Hall–Kier alpha value is -6.42. The molecule has 5 nitrogen and oxygen atoms in total. The fourth-order valence-electron chi connectivity index (χ4n) is 10.8. The van der Waals surface area contributed by atoms with Crippen molar-refractivity contribution in [2.45, 2.75) is 143 Å². The zero-order chi connectivity index (χ0) is 54.5. The number of nitrogens with zero attached hydrogens (tertiary/aromatic N) is 5. The molecule has 0 amide bonds. The molecule has 1 aliphatic rings. The first-order valence-corrected chi connectivity index (χ1v) is 27.3. The molecule has 0 aliphatic carbocycles. The van der Waals surface area contributed by atoms with Crippen molar-refractivity contribution in [2.24, 2.45) is 0 Å². The molecule has 0 radical (unpaired) electrons. The number of anilines is 6. The molecule has 10 rings (SSSR count). The Morgan fingerprint density at radius 1 is 0.429 bits per heavy atom. The summed E-state index contributed by atoms with van der Waals surface area (Å²) in [5, 5.41) is 2.30. The molecule has 0 fully saturated rings. The van der Waals surface area contributed by atoms with E-state index in [1.807, 2.05) is 6.20 Å². The van der Waals surface area contributed by atoms with Crippen LogP contribution < -0.4 is 14.7 Å². The van der Waals surface area contributed by atoms with Gasteiger partial charge in [-0.15, -0.1) is 48.1 Å². The number of pyridine rings is 1. The summed E-state index contributed by atoms with van der Waals surface area (Å²) in [6.45, 7) is 39.3. The zero-order valence-electron chi connectivity index (χ0n) is 48.6. The third-order valence-corrected chi connectivity index (χ3v) is 16.3. The Balaban J connectivity index is 0.00000722. The van der Waals surface area contributed by atoms with E-state index in [-0.39, 0.29) is 53.6 Å². The van der Waals surface area contributed by atoms with E-state index in [1.54, 1.807) is 0 Å². The van der Waals surface area contributed by atoms with E-state index in [0.29, 0.717) is 0 Å². The maximum Gasteiger partial charge on any atom is 0.135 e. The van der Waals surface area contributed by atoms with Gasteiger partial charge in [0.15, 0.2) is 0 Å². The van der Waals surface area contributed by atoms with Gasteiger partial charge in [0.2, 0.25) is 0 Å². The number of hydrogen-bond acceptors (Lipinski definition) is 4. The van der Waals surface area contributed by atoms with E-state index < -0.39 is 0 Å². The molecule has 2 aromatic heterocycles. The predicted molar refractivity (Wildman–Crippen MR) is 324 cm³/mol. The summed E-state index contributed by atoms with van der Waals surface area (Å²) in [5.74, 6) is 0.865. The zero-order valence-corrected chi connectivity index (χ0v) is 50.9. The molecule has 9 aromatic rings.